The number of nitrogens with zero attached hydrogens (tertiary/aromatic N) is 1. The molecule has 104 valence electrons. The number of ether oxygens (including phenoxy) is 1. The molecule has 5 heteroatoms. The van der Waals surface area contributed by atoms with Crippen molar-refractivity contribution in [1.82, 2.24) is 5.43 Å². The molecule has 0 heterocycles. The highest BCUT2D eigenvalue weighted by molar-refractivity contribution is 5.82. The third kappa shape index (κ3) is 5.90. The summed E-state index contributed by atoms with van der Waals surface area (Å²) in [6.45, 7) is 7.01. The number of primary amides is 1. The van der Waals surface area contributed by atoms with Gasteiger partial charge in [-0.1, -0.05) is 26.0 Å². The first-order valence-electron chi connectivity index (χ1n) is 6.31. The molecule has 1 aromatic carbocycles. The number of hydrazone groups is 1. The van der Waals surface area contributed by atoms with E-state index < -0.39 is 6.03 Å². The summed E-state index contributed by atoms with van der Waals surface area (Å²) in [5, 5.41) is 3.72. The Bertz CT molecular complexity index is 456. The van der Waals surface area contributed by atoms with Crippen LogP contribution in [0.1, 0.15) is 31.4 Å². The monoisotopic (exact) mass is 263 g/mol. The third-order valence-electron chi connectivity index (χ3n) is 2.55. The third-order valence-corrected chi connectivity index (χ3v) is 2.55. The number of urea groups is 1. The van der Waals surface area contributed by atoms with Crippen LogP contribution in [0, 0.1) is 12.8 Å². The van der Waals surface area contributed by atoms with Crippen LogP contribution >= 0.6 is 0 Å². The maximum Gasteiger partial charge on any atom is 0.332 e. The van der Waals surface area contributed by atoms with Gasteiger partial charge < -0.3 is 10.5 Å². The van der Waals surface area contributed by atoms with E-state index in [9.17, 15) is 4.79 Å². The van der Waals surface area contributed by atoms with Crippen molar-refractivity contribution >= 4 is 12.2 Å². The van der Waals surface area contributed by atoms with E-state index in [1.165, 1.54) is 6.21 Å². The van der Waals surface area contributed by atoms with Gasteiger partial charge in [0.1, 0.15) is 5.75 Å². The maximum absolute atomic E-state index is 10.5. The highest BCUT2D eigenvalue weighted by atomic mass is 16.5. The molecule has 19 heavy (non-hydrogen) atoms. The molecule has 0 aliphatic carbocycles. The van der Waals surface area contributed by atoms with Crippen molar-refractivity contribution in [3.8, 4) is 5.75 Å². The molecule has 0 aliphatic heterocycles. The normalized spacial score (nSPS) is 10.9. The zero-order valence-electron chi connectivity index (χ0n) is 11.6. The SMILES string of the molecule is Cc1ccc(C=NNC(N)=O)cc1OCCC(C)C. The van der Waals surface area contributed by atoms with E-state index in [0.29, 0.717) is 12.5 Å². The summed E-state index contributed by atoms with van der Waals surface area (Å²) in [6, 6.07) is 5.06. The second-order valence-electron chi connectivity index (χ2n) is 4.79. The summed E-state index contributed by atoms with van der Waals surface area (Å²) in [7, 11) is 0. The van der Waals surface area contributed by atoms with Crippen molar-refractivity contribution in [3.05, 3.63) is 29.3 Å². The van der Waals surface area contributed by atoms with Gasteiger partial charge >= 0.3 is 6.03 Å². The summed E-state index contributed by atoms with van der Waals surface area (Å²) in [4.78, 5) is 10.5. The molecule has 0 aromatic heterocycles. The van der Waals surface area contributed by atoms with Gasteiger partial charge in [-0.25, -0.2) is 10.2 Å². The largest absolute Gasteiger partial charge is 0.493 e. The number of aryl methyl sites for hydroxylation is 1. The average Bonchev–Trinajstić information content (AvgIpc) is 2.32. The Hall–Kier alpha value is -2.04. The quantitative estimate of drug-likeness (QED) is 0.611. The molecule has 1 aromatic rings. The molecule has 3 N–H and O–H groups in total. The van der Waals surface area contributed by atoms with Crippen LogP contribution in [-0.2, 0) is 0 Å². The molecule has 0 fully saturated rings. The zero-order chi connectivity index (χ0) is 14.3. The number of carbonyl (C=O) groups is 1. The van der Waals surface area contributed by atoms with Gasteiger partial charge in [0.25, 0.3) is 0 Å². The molecule has 0 bridgehead atoms. The number of amides is 2. The lowest BCUT2D eigenvalue weighted by atomic mass is 10.1. The van der Waals surface area contributed by atoms with E-state index in [0.717, 1.165) is 23.3 Å². The lowest BCUT2D eigenvalue weighted by Gasteiger charge is -2.11. The molecule has 0 radical (unpaired) electrons. The summed E-state index contributed by atoms with van der Waals surface area (Å²) in [6.07, 6.45) is 2.54. The molecule has 1 rings (SSSR count). The molecule has 0 spiro atoms. The highest BCUT2D eigenvalue weighted by Gasteiger charge is 2.02. The highest BCUT2D eigenvalue weighted by Crippen LogP contribution is 2.19. The molecule has 0 aliphatic rings. The fraction of sp³-hybridized carbons (Fsp3) is 0.429. The number of carbonyl (C=O) groups excluding carboxylic acids is 1. The summed E-state index contributed by atoms with van der Waals surface area (Å²) >= 11 is 0. The number of rotatable bonds is 6. The Morgan fingerprint density at radius 2 is 2.26 bits per heavy atom. The predicted molar refractivity (Wildman–Crippen MR) is 76.4 cm³/mol. The summed E-state index contributed by atoms with van der Waals surface area (Å²) in [5.74, 6) is 1.45. The van der Waals surface area contributed by atoms with Gasteiger partial charge in [-0.3, -0.25) is 0 Å². The fourth-order valence-electron chi connectivity index (χ4n) is 1.43. The lowest BCUT2D eigenvalue weighted by molar-refractivity contribution is 0.249. The maximum atomic E-state index is 10.5. The summed E-state index contributed by atoms with van der Waals surface area (Å²) in [5.41, 5.74) is 8.99. The van der Waals surface area contributed by atoms with Crippen molar-refractivity contribution in [2.75, 3.05) is 6.61 Å². The van der Waals surface area contributed by atoms with E-state index in [4.69, 9.17) is 10.5 Å². The molecule has 0 saturated heterocycles. The topological polar surface area (TPSA) is 76.7 Å². The van der Waals surface area contributed by atoms with Crippen molar-refractivity contribution in [3.63, 3.8) is 0 Å². The van der Waals surface area contributed by atoms with E-state index >= 15 is 0 Å². The molecule has 5 nitrogen and oxygen atoms in total. The average molecular weight is 263 g/mol. The molecular weight excluding hydrogens is 242 g/mol. The van der Waals surface area contributed by atoms with E-state index in [2.05, 4.69) is 24.4 Å². The van der Waals surface area contributed by atoms with Crippen LogP contribution in [0.15, 0.2) is 23.3 Å². The van der Waals surface area contributed by atoms with Crippen LogP contribution in [0.3, 0.4) is 0 Å². The Kier molecular flexibility index (Phi) is 5.85. The van der Waals surface area contributed by atoms with Gasteiger partial charge in [-0.15, -0.1) is 0 Å². The van der Waals surface area contributed by atoms with E-state index in [-0.39, 0.29) is 0 Å². The van der Waals surface area contributed by atoms with Crippen LogP contribution in [0.25, 0.3) is 0 Å². The van der Waals surface area contributed by atoms with Gasteiger partial charge in [0.05, 0.1) is 12.8 Å². The van der Waals surface area contributed by atoms with Crippen LogP contribution in [0.4, 0.5) is 4.79 Å². The Morgan fingerprint density at radius 1 is 1.53 bits per heavy atom. The number of benzene rings is 1. The lowest BCUT2D eigenvalue weighted by Crippen LogP contribution is -2.24. The molecule has 0 atom stereocenters. The van der Waals surface area contributed by atoms with Crippen LogP contribution in [-0.4, -0.2) is 18.9 Å². The van der Waals surface area contributed by atoms with Gasteiger partial charge in [0.15, 0.2) is 0 Å². The summed E-state index contributed by atoms with van der Waals surface area (Å²) < 4.78 is 5.74. The zero-order valence-corrected chi connectivity index (χ0v) is 11.6. The fourth-order valence-corrected chi connectivity index (χ4v) is 1.43. The molecular formula is C14H21N3O2. The first kappa shape index (κ1) is 15.0. The van der Waals surface area contributed by atoms with Crippen LogP contribution in [0.5, 0.6) is 5.75 Å². The Labute approximate surface area is 113 Å². The minimum atomic E-state index is -0.684. The van der Waals surface area contributed by atoms with Crippen molar-refractivity contribution in [2.24, 2.45) is 16.8 Å². The Balaban J connectivity index is 2.65. The minimum Gasteiger partial charge on any atom is -0.493 e. The second-order valence-corrected chi connectivity index (χ2v) is 4.79. The standard InChI is InChI=1S/C14H21N3O2/c1-10(2)6-7-19-13-8-12(5-4-11(13)3)9-16-17-14(15)18/h4-5,8-10H,6-7H2,1-3H3,(H3,15,17,18). The molecule has 0 saturated carbocycles. The van der Waals surface area contributed by atoms with E-state index in [1.807, 2.05) is 25.1 Å². The predicted octanol–water partition coefficient (Wildman–Crippen LogP) is 2.42. The van der Waals surface area contributed by atoms with Crippen LogP contribution in [0.2, 0.25) is 0 Å². The van der Waals surface area contributed by atoms with Crippen molar-refractivity contribution in [2.45, 2.75) is 27.2 Å². The molecule has 2 amide bonds. The first-order valence-corrected chi connectivity index (χ1v) is 6.31. The van der Waals surface area contributed by atoms with Crippen molar-refractivity contribution in [1.29, 1.82) is 0 Å². The smallest absolute Gasteiger partial charge is 0.332 e. The second kappa shape index (κ2) is 7.41. The number of hydrogen-bond donors (Lipinski definition) is 2. The van der Waals surface area contributed by atoms with Crippen LogP contribution < -0.4 is 15.9 Å². The van der Waals surface area contributed by atoms with Gasteiger partial charge in [0.2, 0.25) is 0 Å². The first-order chi connectivity index (χ1) is 8.99. The van der Waals surface area contributed by atoms with Gasteiger partial charge in [-0.05, 0) is 36.5 Å². The number of hydrogen-bond acceptors (Lipinski definition) is 3. The Morgan fingerprint density at radius 3 is 2.89 bits per heavy atom. The minimum absolute atomic E-state index is 0.616. The number of nitrogens with one attached hydrogen (secondary N) is 1. The van der Waals surface area contributed by atoms with Gasteiger partial charge in [-0.2, -0.15) is 5.10 Å². The van der Waals surface area contributed by atoms with E-state index in [1.54, 1.807) is 0 Å². The number of nitrogens with two attached hydrogens (primary N) is 1. The van der Waals surface area contributed by atoms with Crippen molar-refractivity contribution < 1.29 is 9.53 Å². The van der Waals surface area contributed by atoms with Gasteiger partial charge in [0, 0.05) is 0 Å². The molecule has 0 unspecified atom stereocenters.